The molecular weight excluding hydrogens is 254 g/mol. The molecule has 2 aromatic rings. The maximum Gasteiger partial charge on any atom is 0.227 e. The maximum absolute atomic E-state index is 12.3. The molecule has 0 radical (unpaired) electrons. The Morgan fingerprint density at radius 3 is 2.80 bits per heavy atom. The Morgan fingerprint density at radius 2 is 2.15 bits per heavy atom. The predicted molar refractivity (Wildman–Crippen MR) is 76.6 cm³/mol. The second kappa shape index (κ2) is 6.28. The number of methoxy groups -OCH3 is 1. The van der Waals surface area contributed by atoms with Gasteiger partial charge in [0.1, 0.15) is 11.5 Å². The molecule has 0 aliphatic carbocycles. The van der Waals surface area contributed by atoms with Crippen LogP contribution >= 0.6 is 0 Å². The molecule has 1 atom stereocenters. The lowest BCUT2D eigenvalue weighted by Crippen LogP contribution is -2.30. The second-order valence-electron chi connectivity index (χ2n) is 4.72. The number of carbonyl (C=O) groups excluding carboxylic acids is 1. The van der Waals surface area contributed by atoms with Crippen molar-refractivity contribution in [2.75, 3.05) is 14.2 Å². The first kappa shape index (κ1) is 14.2. The number of rotatable bonds is 5. The summed E-state index contributed by atoms with van der Waals surface area (Å²) in [7, 11) is 3.40. The Kier molecular flexibility index (Phi) is 4.45. The van der Waals surface area contributed by atoms with Crippen molar-refractivity contribution in [1.29, 1.82) is 0 Å². The van der Waals surface area contributed by atoms with Gasteiger partial charge in [0, 0.05) is 7.05 Å². The lowest BCUT2D eigenvalue weighted by atomic mass is 10.1. The van der Waals surface area contributed by atoms with Crippen LogP contribution < -0.4 is 4.74 Å². The minimum atomic E-state index is -0.0805. The minimum absolute atomic E-state index is 0.0437. The highest BCUT2D eigenvalue weighted by Gasteiger charge is 2.19. The van der Waals surface area contributed by atoms with Gasteiger partial charge in [0.25, 0.3) is 0 Å². The van der Waals surface area contributed by atoms with Gasteiger partial charge in [-0.3, -0.25) is 4.79 Å². The van der Waals surface area contributed by atoms with Gasteiger partial charge in [-0.15, -0.1) is 0 Å². The van der Waals surface area contributed by atoms with E-state index in [-0.39, 0.29) is 11.9 Å². The van der Waals surface area contributed by atoms with Gasteiger partial charge in [-0.1, -0.05) is 12.1 Å². The molecule has 1 aromatic heterocycles. The van der Waals surface area contributed by atoms with Crippen molar-refractivity contribution in [1.82, 2.24) is 4.90 Å². The molecule has 0 saturated carbocycles. The Morgan fingerprint density at radius 1 is 1.35 bits per heavy atom. The van der Waals surface area contributed by atoms with E-state index in [9.17, 15) is 4.79 Å². The molecule has 0 N–H and O–H groups in total. The van der Waals surface area contributed by atoms with Crippen LogP contribution in [0, 0.1) is 0 Å². The van der Waals surface area contributed by atoms with Crippen LogP contribution in [0.3, 0.4) is 0 Å². The van der Waals surface area contributed by atoms with E-state index in [1.807, 2.05) is 43.3 Å². The fraction of sp³-hybridized carbons (Fsp3) is 0.312. The van der Waals surface area contributed by atoms with Crippen molar-refractivity contribution in [3.8, 4) is 5.75 Å². The van der Waals surface area contributed by atoms with Gasteiger partial charge in [-0.25, -0.2) is 0 Å². The molecule has 0 spiro atoms. The number of ether oxygens (including phenoxy) is 1. The Hall–Kier alpha value is -2.23. The van der Waals surface area contributed by atoms with Crippen molar-refractivity contribution >= 4 is 5.91 Å². The lowest BCUT2D eigenvalue weighted by Gasteiger charge is -2.23. The molecule has 106 valence electrons. The summed E-state index contributed by atoms with van der Waals surface area (Å²) in [6.45, 7) is 1.95. The van der Waals surface area contributed by atoms with Crippen LogP contribution in [0.2, 0.25) is 0 Å². The predicted octanol–water partition coefficient (Wildman–Crippen LogP) is 3.05. The largest absolute Gasteiger partial charge is 0.497 e. The van der Waals surface area contributed by atoms with Crippen LogP contribution in [0.4, 0.5) is 0 Å². The third-order valence-corrected chi connectivity index (χ3v) is 3.42. The minimum Gasteiger partial charge on any atom is -0.497 e. The Bertz CT molecular complexity index is 563. The summed E-state index contributed by atoms with van der Waals surface area (Å²) in [6, 6.07) is 11.2. The molecule has 1 amide bonds. The van der Waals surface area contributed by atoms with Crippen molar-refractivity contribution in [2.24, 2.45) is 0 Å². The van der Waals surface area contributed by atoms with Gasteiger partial charge in [0.15, 0.2) is 0 Å². The number of likely N-dealkylation sites (N-methyl/N-ethyl adjacent to an activating group) is 1. The highest BCUT2D eigenvalue weighted by molar-refractivity contribution is 5.79. The van der Waals surface area contributed by atoms with Gasteiger partial charge < -0.3 is 14.1 Å². The van der Waals surface area contributed by atoms with Gasteiger partial charge in [0.05, 0.1) is 25.8 Å². The molecule has 4 nitrogen and oxygen atoms in total. The first-order chi connectivity index (χ1) is 9.61. The maximum atomic E-state index is 12.3. The zero-order chi connectivity index (χ0) is 14.5. The zero-order valence-corrected chi connectivity index (χ0v) is 12.0. The van der Waals surface area contributed by atoms with Crippen LogP contribution in [0.1, 0.15) is 24.3 Å². The molecule has 20 heavy (non-hydrogen) atoms. The van der Waals surface area contributed by atoms with Crippen LogP contribution in [0.5, 0.6) is 5.75 Å². The smallest absolute Gasteiger partial charge is 0.227 e. The van der Waals surface area contributed by atoms with E-state index in [1.165, 1.54) is 0 Å². The van der Waals surface area contributed by atoms with E-state index in [0.29, 0.717) is 6.42 Å². The number of benzene rings is 1. The van der Waals surface area contributed by atoms with E-state index < -0.39 is 0 Å². The van der Waals surface area contributed by atoms with Crippen LogP contribution in [0.25, 0.3) is 0 Å². The Balaban J connectivity index is 2.03. The number of nitrogens with zero attached hydrogens (tertiary/aromatic N) is 1. The SMILES string of the molecule is COc1cccc(CC(=O)N(C)C(C)c2ccco2)c1. The molecule has 2 rings (SSSR count). The van der Waals surface area contributed by atoms with Crippen molar-refractivity contribution in [2.45, 2.75) is 19.4 Å². The first-order valence-corrected chi connectivity index (χ1v) is 6.54. The standard InChI is InChI=1S/C16H19NO3/c1-12(15-8-5-9-20-15)17(2)16(18)11-13-6-4-7-14(10-13)19-3/h4-10,12H,11H2,1-3H3. The molecule has 0 aliphatic rings. The summed E-state index contributed by atoms with van der Waals surface area (Å²) in [5.74, 6) is 1.59. The van der Waals surface area contributed by atoms with Gasteiger partial charge in [-0.05, 0) is 36.8 Å². The zero-order valence-electron chi connectivity index (χ0n) is 12.0. The fourth-order valence-corrected chi connectivity index (χ4v) is 2.02. The van der Waals surface area contributed by atoms with Gasteiger partial charge in [-0.2, -0.15) is 0 Å². The van der Waals surface area contributed by atoms with E-state index >= 15 is 0 Å². The average Bonchev–Trinajstić information content (AvgIpc) is 3.00. The molecule has 0 bridgehead atoms. The van der Waals surface area contributed by atoms with Gasteiger partial charge >= 0.3 is 0 Å². The summed E-state index contributed by atoms with van der Waals surface area (Å²) in [4.78, 5) is 14.0. The number of furan rings is 1. The average molecular weight is 273 g/mol. The van der Waals surface area contributed by atoms with E-state index in [1.54, 1.807) is 25.3 Å². The topological polar surface area (TPSA) is 42.7 Å². The quantitative estimate of drug-likeness (QED) is 0.841. The summed E-state index contributed by atoms with van der Waals surface area (Å²) < 4.78 is 10.5. The third kappa shape index (κ3) is 3.20. The summed E-state index contributed by atoms with van der Waals surface area (Å²) >= 11 is 0. The van der Waals surface area contributed by atoms with Gasteiger partial charge in [0.2, 0.25) is 5.91 Å². The number of amides is 1. The van der Waals surface area contributed by atoms with E-state index in [2.05, 4.69) is 0 Å². The molecule has 4 heteroatoms. The highest BCUT2D eigenvalue weighted by Crippen LogP contribution is 2.20. The second-order valence-corrected chi connectivity index (χ2v) is 4.72. The molecule has 0 saturated heterocycles. The molecule has 1 heterocycles. The molecule has 1 unspecified atom stereocenters. The first-order valence-electron chi connectivity index (χ1n) is 6.54. The van der Waals surface area contributed by atoms with Crippen LogP contribution in [0.15, 0.2) is 47.1 Å². The van der Waals surface area contributed by atoms with Crippen LogP contribution in [-0.2, 0) is 11.2 Å². The fourth-order valence-electron chi connectivity index (χ4n) is 2.02. The van der Waals surface area contributed by atoms with Crippen molar-refractivity contribution in [3.63, 3.8) is 0 Å². The number of hydrogen-bond acceptors (Lipinski definition) is 3. The molecule has 0 aliphatic heterocycles. The van der Waals surface area contributed by atoms with E-state index in [0.717, 1.165) is 17.1 Å². The lowest BCUT2D eigenvalue weighted by molar-refractivity contribution is -0.131. The third-order valence-electron chi connectivity index (χ3n) is 3.42. The number of carbonyl (C=O) groups is 1. The molecule has 1 aromatic carbocycles. The highest BCUT2D eigenvalue weighted by atomic mass is 16.5. The van der Waals surface area contributed by atoms with Crippen molar-refractivity contribution in [3.05, 3.63) is 54.0 Å². The van der Waals surface area contributed by atoms with E-state index in [4.69, 9.17) is 9.15 Å². The summed E-state index contributed by atoms with van der Waals surface area (Å²) in [5, 5.41) is 0. The molecule has 0 fully saturated rings. The number of hydrogen-bond donors (Lipinski definition) is 0. The summed E-state index contributed by atoms with van der Waals surface area (Å²) in [6.07, 6.45) is 1.96. The summed E-state index contributed by atoms with van der Waals surface area (Å²) in [5.41, 5.74) is 0.938. The molecular formula is C16H19NO3. The van der Waals surface area contributed by atoms with Crippen LogP contribution in [-0.4, -0.2) is 25.0 Å². The monoisotopic (exact) mass is 273 g/mol. The Labute approximate surface area is 119 Å². The van der Waals surface area contributed by atoms with Crippen molar-refractivity contribution < 1.29 is 13.9 Å². The normalized spacial score (nSPS) is 11.9.